The number of carbonyl (C=O) groups is 2. The smallest absolute Gasteiger partial charge is 0.257 e. The summed E-state index contributed by atoms with van der Waals surface area (Å²) in [6, 6.07) is 11.2. The lowest BCUT2D eigenvalue weighted by Gasteiger charge is -2.18. The number of Topliss-reactive ketones (excluding diaryl/α,β-unsaturated/α-hetero) is 1. The number of hydrogen-bond acceptors (Lipinski definition) is 7. The van der Waals surface area contributed by atoms with Gasteiger partial charge in [0.15, 0.2) is 11.4 Å². The highest BCUT2D eigenvalue weighted by atomic mass is 32.2. The third kappa shape index (κ3) is 5.33. The molecule has 8 nitrogen and oxygen atoms in total. The van der Waals surface area contributed by atoms with Gasteiger partial charge < -0.3 is 9.73 Å². The first-order chi connectivity index (χ1) is 14.7. The van der Waals surface area contributed by atoms with E-state index in [1.54, 1.807) is 44.2 Å². The van der Waals surface area contributed by atoms with Crippen LogP contribution in [0.15, 0.2) is 57.0 Å². The van der Waals surface area contributed by atoms with E-state index in [9.17, 15) is 18.0 Å². The van der Waals surface area contributed by atoms with E-state index in [1.165, 1.54) is 23.4 Å². The topological polar surface area (TPSA) is 110 Å². The van der Waals surface area contributed by atoms with E-state index < -0.39 is 10.0 Å². The molecule has 0 spiro atoms. The SMILES string of the molecule is CCN(CC)S(=O)(=O)c1ccc2oc(SCC(=O)Nc3cccc(C(C)=O)c3)nc2c1. The van der Waals surface area contributed by atoms with Crippen molar-refractivity contribution in [3.05, 3.63) is 48.0 Å². The molecule has 0 atom stereocenters. The fourth-order valence-corrected chi connectivity index (χ4v) is 5.08. The van der Waals surface area contributed by atoms with E-state index >= 15 is 0 Å². The van der Waals surface area contributed by atoms with Gasteiger partial charge in [-0.15, -0.1) is 0 Å². The molecule has 0 radical (unpaired) electrons. The van der Waals surface area contributed by atoms with Crippen LogP contribution in [0.2, 0.25) is 0 Å². The summed E-state index contributed by atoms with van der Waals surface area (Å²) in [5.41, 5.74) is 1.89. The zero-order chi connectivity index (χ0) is 22.6. The third-order valence-electron chi connectivity index (χ3n) is 4.56. The number of rotatable bonds is 9. The number of anilines is 1. The Bertz CT molecular complexity index is 1220. The van der Waals surface area contributed by atoms with Gasteiger partial charge in [-0.2, -0.15) is 4.31 Å². The van der Waals surface area contributed by atoms with Crippen molar-refractivity contribution >= 4 is 50.3 Å². The van der Waals surface area contributed by atoms with Crippen LogP contribution in [0.25, 0.3) is 11.1 Å². The molecule has 0 aliphatic rings. The first-order valence-electron chi connectivity index (χ1n) is 9.69. The van der Waals surface area contributed by atoms with Gasteiger partial charge in [-0.1, -0.05) is 37.7 Å². The molecule has 0 bridgehead atoms. The Morgan fingerprint density at radius 1 is 1.13 bits per heavy atom. The molecular weight excluding hydrogens is 438 g/mol. The number of nitrogens with zero attached hydrogens (tertiary/aromatic N) is 2. The molecule has 1 aromatic heterocycles. The molecule has 0 fully saturated rings. The Balaban J connectivity index is 1.69. The lowest BCUT2D eigenvalue weighted by molar-refractivity contribution is -0.113. The maximum Gasteiger partial charge on any atom is 0.257 e. The Morgan fingerprint density at radius 2 is 1.87 bits per heavy atom. The summed E-state index contributed by atoms with van der Waals surface area (Å²) >= 11 is 1.10. The molecule has 164 valence electrons. The normalized spacial score (nSPS) is 11.7. The molecule has 0 unspecified atom stereocenters. The van der Waals surface area contributed by atoms with Gasteiger partial charge in [0, 0.05) is 24.3 Å². The van der Waals surface area contributed by atoms with E-state index in [0.29, 0.717) is 35.4 Å². The quantitative estimate of drug-likeness (QED) is 0.381. The second-order valence-corrected chi connectivity index (χ2v) is 9.54. The van der Waals surface area contributed by atoms with Crippen molar-refractivity contribution in [1.82, 2.24) is 9.29 Å². The van der Waals surface area contributed by atoms with Gasteiger partial charge in [0.2, 0.25) is 15.9 Å². The minimum Gasteiger partial charge on any atom is -0.431 e. The van der Waals surface area contributed by atoms with Gasteiger partial charge in [-0.25, -0.2) is 13.4 Å². The molecule has 10 heteroatoms. The monoisotopic (exact) mass is 461 g/mol. The van der Waals surface area contributed by atoms with Crippen molar-refractivity contribution in [2.45, 2.75) is 30.9 Å². The Kier molecular flexibility index (Phi) is 7.14. The average Bonchev–Trinajstić information content (AvgIpc) is 3.15. The van der Waals surface area contributed by atoms with Gasteiger partial charge in [0.05, 0.1) is 10.6 Å². The van der Waals surface area contributed by atoms with Crippen molar-refractivity contribution in [3.63, 3.8) is 0 Å². The Morgan fingerprint density at radius 3 is 2.55 bits per heavy atom. The number of fused-ring (bicyclic) bond motifs is 1. The van der Waals surface area contributed by atoms with Crippen LogP contribution < -0.4 is 5.32 Å². The summed E-state index contributed by atoms with van der Waals surface area (Å²) in [5, 5.41) is 2.99. The van der Waals surface area contributed by atoms with Crippen molar-refractivity contribution < 1.29 is 22.4 Å². The average molecular weight is 462 g/mol. The van der Waals surface area contributed by atoms with Gasteiger partial charge >= 0.3 is 0 Å². The van der Waals surface area contributed by atoms with Crippen LogP contribution in [0.1, 0.15) is 31.1 Å². The molecule has 0 saturated carbocycles. The number of thioether (sulfide) groups is 1. The number of sulfonamides is 1. The summed E-state index contributed by atoms with van der Waals surface area (Å²) in [6.45, 7) is 5.78. The molecule has 2 aromatic carbocycles. The van der Waals surface area contributed by atoms with Gasteiger partial charge in [-0.3, -0.25) is 9.59 Å². The molecule has 0 saturated heterocycles. The minimum atomic E-state index is -3.60. The van der Waals surface area contributed by atoms with E-state index in [0.717, 1.165) is 11.8 Å². The second-order valence-electron chi connectivity index (χ2n) is 6.67. The fourth-order valence-electron chi connectivity index (χ4n) is 2.96. The van der Waals surface area contributed by atoms with Gasteiger partial charge in [0.25, 0.3) is 5.22 Å². The highest BCUT2D eigenvalue weighted by Crippen LogP contribution is 2.27. The summed E-state index contributed by atoms with van der Waals surface area (Å²) in [5.74, 6) is -0.320. The maximum absolute atomic E-state index is 12.7. The highest BCUT2D eigenvalue weighted by molar-refractivity contribution is 7.99. The molecule has 31 heavy (non-hydrogen) atoms. The third-order valence-corrected chi connectivity index (χ3v) is 7.44. The van der Waals surface area contributed by atoms with E-state index in [4.69, 9.17) is 4.42 Å². The summed E-state index contributed by atoms with van der Waals surface area (Å²) in [7, 11) is -3.60. The molecule has 0 aliphatic heterocycles. The minimum absolute atomic E-state index is 0.0434. The highest BCUT2D eigenvalue weighted by Gasteiger charge is 2.22. The lowest BCUT2D eigenvalue weighted by atomic mass is 10.1. The van der Waals surface area contributed by atoms with Crippen LogP contribution >= 0.6 is 11.8 Å². The number of hydrogen-bond donors (Lipinski definition) is 1. The Hall–Kier alpha value is -2.69. The molecule has 0 aliphatic carbocycles. The first-order valence-corrected chi connectivity index (χ1v) is 12.1. The first kappa shape index (κ1) is 23.0. The largest absolute Gasteiger partial charge is 0.431 e. The van der Waals surface area contributed by atoms with E-state index in [1.807, 2.05) is 0 Å². The zero-order valence-corrected chi connectivity index (χ0v) is 19.0. The number of nitrogens with one attached hydrogen (secondary N) is 1. The molecule has 1 amide bonds. The van der Waals surface area contributed by atoms with Crippen LogP contribution in [0.3, 0.4) is 0 Å². The summed E-state index contributed by atoms with van der Waals surface area (Å²) in [4.78, 5) is 28.1. The summed E-state index contributed by atoms with van der Waals surface area (Å²) < 4.78 is 32.4. The van der Waals surface area contributed by atoms with Crippen LogP contribution in [-0.2, 0) is 14.8 Å². The number of aromatic nitrogens is 1. The van der Waals surface area contributed by atoms with Crippen LogP contribution in [0.4, 0.5) is 5.69 Å². The summed E-state index contributed by atoms with van der Waals surface area (Å²) in [6.07, 6.45) is 0. The van der Waals surface area contributed by atoms with Crippen LogP contribution in [0, 0.1) is 0 Å². The number of amides is 1. The number of carbonyl (C=O) groups excluding carboxylic acids is 2. The van der Waals surface area contributed by atoms with Crippen molar-refractivity contribution in [3.8, 4) is 0 Å². The predicted octanol–water partition coefficient (Wildman–Crippen LogP) is 3.79. The number of benzene rings is 2. The van der Waals surface area contributed by atoms with Crippen molar-refractivity contribution in [2.24, 2.45) is 0 Å². The lowest BCUT2D eigenvalue weighted by Crippen LogP contribution is -2.30. The van der Waals surface area contributed by atoms with Crippen LogP contribution in [0.5, 0.6) is 0 Å². The van der Waals surface area contributed by atoms with E-state index in [-0.39, 0.29) is 27.6 Å². The zero-order valence-electron chi connectivity index (χ0n) is 17.4. The maximum atomic E-state index is 12.7. The molecular formula is C21H23N3O5S2. The van der Waals surface area contributed by atoms with Gasteiger partial charge in [0.1, 0.15) is 5.52 Å². The van der Waals surface area contributed by atoms with Crippen molar-refractivity contribution in [1.29, 1.82) is 0 Å². The predicted molar refractivity (Wildman–Crippen MR) is 120 cm³/mol. The fraction of sp³-hybridized carbons (Fsp3) is 0.286. The second kappa shape index (κ2) is 9.63. The van der Waals surface area contributed by atoms with Gasteiger partial charge in [-0.05, 0) is 37.3 Å². The Labute approximate surface area is 185 Å². The van der Waals surface area contributed by atoms with Crippen LogP contribution in [-0.4, -0.2) is 48.2 Å². The molecule has 1 heterocycles. The molecule has 1 N–H and O–H groups in total. The molecule has 3 rings (SSSR count). The van der Waals surface area contributed by atoms with E-state index in [2.05, 4.69) is 10.3 Å². The standard InChI is InChI=1S/C21H23N3O5S2/c1-4-24(5-2)31(27,28)17-9-10-19-18(12-17)23-21(29-19)30-13-20(26)22-16-8-6-7-15(11-16)14(3)25/h6-12H,4-5,13H2,1-3H3,(H,22,26). The number of ketones is 1. The molecule has 3 aromatic rings. The number of oxazole rings is 1. The van der Waals surface area contributed by atoms with Crippen molar-refractivity contribution in [2.75, 3.05) is 24.2 Å².